The van der Waals surface area contributed by atoms with E-state index in [1.54, 1.807) is 0 Å². The van der Waals surface area contributed by atoms with Crippen LogP contribution in [0.2, 0.25) is 0 Å². The Bertz CT molecular complexity index is 36.5. The minimum absolute atomic E-state index is 0. The van der Waals surface area contributed by atoms with Gasteiger partial charge in [0.2, 0.25) is 0 Å². The average Bonchev–Trinajstić information content (AvgIpc) is 0.811. The molecule has 0 aromatic heterocycles. The maximum absolute atomic E-state index is 9.31. The van der Waals surface area contributed by atoms with Crippen molar-refractivity contribution in [1.82, 2.24) is 0 Å². The van der Waals surface area contributed by atoms with Crippen LogP contribution in [0.1, 0.15) is 8.35 Å². The van der Waals surface area contributed by atoms with Crippen LogP contribution in [0.15, 0.2) is 0 Å². The van der Waals surface area contributed by atoms with Crippen molar-refractivity contribution in [3.05, 3.63) is 0 Å². The molecule has 0 aliphatic rings. The molecular weight excluding hydrogens is 79.0 g/mol. The van der Waals surface area contributed by atoms with Crippen LogP contribution in [0.25, 0.3) is 0 Å². The SMILES string of the molecule is CC(=O)S.[H-].[Li+]. The van der Waals surface area contributed by atoms with E-state index < -0.39 is 0 Å². The van der Waals surface area contributed by atoms with Crippen LogP contribution in [-0.2, 0) is 4.79 Å². The van der Waals surface area contributed by atoms with E-state index in [2.05, 4.69) is 12.6 Å². The van der Waals surface area contributed by atoms with E-state index in [1.165, 1.54) is 6.92 Å². The molecule has 26 valence electrons. The molecule has 3 heteroatoms. The van der Waals surface area contributed by atoms with Gasteiger partial charge >= 0.3 is 18.9 Å². The Morgan fingerprint density at radius 1 is 2.00 bits per heavy atom. The number of rotatable bonds is 0. The molecule has 0 rings (SSSR count). The summed E-state index contributed by atoms with van der Waals surface area (Å²) in [6.07, 6.45) is 0. The molecule has 0 heterocycles. The van der Waals surface area contributed by atoms with E-state index in [9.17, 15) is 4.79 Å². The molecule has 0 fully saturated rings. The van der Waals surface area contributed by atoms with Gasteiger partial charge in [-0.15, -0.1) is 12.6 Å². The first-order valence-corrected chi connectivity index (χ1v) is 1.37. The second-order valence-electron chi connectivity index (χ2n) is 0.519. The van der Waals surface area contributed by atoms with E-state index in [4.69, 9.17) is 0 Å². The number of hydrogen-bond donors (Lipinski definition) is 1. The fourth-order valence-electron chi connectivity index (χ4n) is 0. The maximum Gasteiger partial charge on any atom is 1.00 e. The monoisotopic (exact) mass is 84.0 g/mol. The van der Waals surface area contributed by atoms with E-state index in [0.717, 1.165) is 0 Å². The molecule has 0 N–H and O–H groups in total. The van der Waals surface area contributed by atoms with Gasteiger partial charge in [-0.25, -0.2) is 0 Å². The molecule has 0 bridgehead atoms. The molecule has 0 atom stereocenters. The molecule has 0 saturated carbocycles. The summed E-state index contributed by atoms with van der Waals surface area (Å²) >= 11 is 3.33. The molecule has 0 spiro atoms. The van der Waals surface area contributed by atoms with Crippen LogP contribution < -0.4 is 18.9 Å². The molecular formula is C2H5LiOS. The summed E-state index contributed by atoms with van der Waals surface area (Å²) in [5.41, 5.74) is 0. The van der Waals surface area contributed by atoms with Crippen molar-refractivity contribution in [2.24, 2.45) is 0 Å². The molecule has 0 saturated heterocycles. The molecule has 0 aliphatic heterocycles. The zero-order chi connectivity index (χ0) is 3.58. The molecule has 0 radical (unpaired) electrons. The van der Waals surface area contributed by atoms with Crippen molar-refractivity contribution < 1.29 is 25.1 Å². The number of hydrogen-bond acceptors (Lipinski definition) is 1. The molecule has 0 amide bonds. The van der Waals surface area contributed by atoms with Gasteiger partial charge in [0.25, 0.3) is 0 Å². The molecule has 1 nitrogen and oxygen atoms in total. The Balaban J connectivity index is -0.0000000450. The number of thiol groups is 1. The zero-order valence-electron chi connectivity index (χ0n) is 4.36. The second kappa shape index (κ2) is 4.62. The quantitative estimate of drug-likeness (QED) is 0.255. The summed E-state index contributed by atoms with van der Waals surface area (Å²) in [6.45, 7) is 1.39. The Kier molecular flexibility index (Phi) is 8.45. The Labute approximate surface area is 50.2 Å². The second-order valence-corrected chi connectivity index (χ2v) is 1.15. The molecule has 5 heavy (non-hydrogen) atoms. The Hall–Kier alpha value is 0.617. The third-order valence-corrected chi connectivity index (χ3v) is 0. The van der Waals surface area contributed by atoms with E-state index in [-0.39, 0.29) is 25.4 Å². The minimum Gasteiger partial charge on any atom is -1.00 e. The van der Waals surface area contributed by atoms with Gasteiger partial charge < -0.3 is 1.43 Å². The fraction of sp³-hybridized carbons (Fsp3) is 0.500. The average molecular weight is 84.1 g/mol. The van der Waals surface area contributed by atoms with Gasteiger partial charge in [0, 0.05) is 6.92 Å². The predicted octanol–water partition coefficient (Wildman–Crippen LogP) is -2.42. The third-order valence-electron chi connectivity index (χ3n) is 0. The van der Waals surface area contributed by atoms with Gasteiger partial charge in [-0.3, -0.25) is 4.79 Å². The normalized spacial score (nSPS) is 5.20. The summed E-state index contributed by atoms with van der Waals surface area (Å²) in [4.78, 5) is 9.31. The summed E-state index contributed by atoms with van der Waals surface area (Å²) in [5, 5.41) is -0.139. The first-order valence-electron chi connectivity index (χ1n) is 0.928. The standard InChI is InChI=1S/C2H4OS.Li.H/c1-2(3)4;;/h1H3,(H,3,4);;/q;+1;-1. The van der Waals surface area contributed by atoms with Crippen LogP contribution in [-0.4, -0.2) is 5.12 Å². The van der Waals surface area contributed by atoms with Crippen molar-refractivity contribution in [1.29, 1.82) is 0 Å². The van der Waals surface area contributed by atoms with Crippen LogP contribution in [0.3, 0.4) is 0 Å². The number of carbonyl (C=O) groups is 1. The Morgan fingerprint density at radius 3 is 2.00 bits per heavy atom. The summed E-state index contributed by atoms with van der Waals surface area (Å²) in [6, 6.07) is 0. The van der Waals surface area contributed by atoms with Crippen LogP contribution >= 0.6 is 12.6 Å². The van der Waals surface area contributed by atoms with Gasteiger partial charge in [0.05, 0.1) is 0 Å². The van der Waals surface area contributed by atoms with E-state index in [1.807, 2.05) is 0 Å². The van der Waals surface area contributed by atoms with Gasteiger partial charge in [-0.05, 0) is 0 Å². The first kappa shape index (κ1) is 9.15. The summed E-state index contributed by atoms with van der Waals surface area (Å²) in [5.74, 6) is 0. The molecule has 0 unspecified atom stereocenters. The van der Waals surface area contributed by atoms with E-state index >= 15 is 0 Å². The van der Waals surface area contributed by atoms with Gasteiger partial charge in [0.15, 0.2) is 5.12 Å². The van der Waals surface area contributed by atoms with E-state index in [0.29, 0.717) is 0 Å². The molecule has 0 aromatic rings. The van der Waals surface area contributed by atoms with Crippen molar-refractivity contribution in [3.8, 4) is 0 Å². The minimum atomic E-state index is -0.139. The van der Waals surface area contributed by atoms with Crippen molar-refractivity contribution in [3.63, 3.8) is 0 Å². The van der Waals surface area contributed by atoms with Crippen LogP contribution in [0.4, 0.5) is 0 Å². The predicted molar refractivity (Wildman–Crippen MR) is 20.8 cm³/mol. The Morgan fingerprint density at radius 2 is 2.00 bits per heavy atom. The van der Waals surface area contributed by atoms with Gasteiger partial charge in [-0.1, -0.05) is 0 Å². The summed E-state index contributed by atoms with van der Waals surface area (Å²) in [7, 11) is 0. The number of carbonyl (C=O) groups excluding carboxylic acids is 1. The summed E-state index contributed by atoms with van der Waals surface area (Å²) < 4.78 is 0. The van der Waals surface area contributed by atoms with Gasteiger partial charge in [0.1, 0.15) is 0 Å². The largest absolute Gasteiger partial charge is 1.00 e. The third kappa shape index (κ3) is 83.0. The molecule has 0 aliphatic carbocycles. The van der Waals surface area contributed by atoms with Crippen LogP contribution in [0.5, 0.6) is 0 Å². The van der Waals surface area contributed by atoms with Crippen molar-refractivity contribution in [2.75, 3.05) is 0 Å². The smallest absolute Gasteiger partial charge is 1.00 e. The maximum atomic E-state index is 9.31. The first-order chi connectivity index (χ1) is 1.73. The molecule has 0 aromatic carbocycles. The van der Waals surface area contributed by atoms with Crippen molar-refractivity contribution in [2.45, 2.75) is 6.92 Å². The zero-order valence-corrected chi connectivity index (χ0v) is 4.25. The van der Waals surface area contributed by atoms with Crippen LogP contribution in [0, 0.1) is 0 Å². The van der Waals surface area contributed by atoms with Gasteiger partial charge in [-0.2, -0.15) is 0 Å². The van der Waals surface area contributed by atoms with Crippen molar-refractivity contribution >= 4 is 17.7 Å². The fourth-order valence-corrected chi connectivity index (χ4v) is 0. The topological polar surface area (TPSA) is 17.1 Å².